The van der Waals surface area contributed by atoms with Gasteiger partial charge in [-0.05, 0) is 38.5 Å². The van der Waals surface area contributed by atoms with Crippen molar-refractivity contribution in [3.8, 4) is 0 Å². The fourth-order valence-corrected chi connectivity index (χ4v) is 1.86. The number of nitrogens with one attached hydrogen (secondary N) is 1. The van der Waals surface area contributed by atoms with E-state index in [1.54, 1.807) is 18.2 Å². The molecule has 1 atom stereocenters. The van der Waals surface area contributed by atoms with Crippen LogP contribution >= 0.6 is 0 Å². The number of hydrogen-bond acceptors (Lipinski definition) is 5. The minimum atomic E-state index is -0.788. The zero-order chi connectivity index (χ0) is 17.4. The lowest BCUT2D eigenvalue weighted by Gasteiger charge is -2.15. The number of carbonyl (C=O) groups is 3. The second kappa shape index (κ2) is 8.73. The zero-order valence-corrected chi connectivity index (χ0v) is 13.7. The highest BCUT2D eigenvalue weighted by atomic mass is 16.5. The Labute approximate surface area is 135 Å². The van der Waals surface area contributed by atoms with Gasteiger partial charge in [-0.3, -0.25) is 4.79 Å². The highest BCUT2D eigenvalue weighted by molar-refractivity contribution is 5.99. The van der Waals surface area contributed by atoms with E-state index in [1.165, 1.54) is 20.3 Å². The van der Waals surface area contributed by atoms with Crippen molar-refractivity contribution in [2.24, 2.45) is 0 Å². The number of hydrogen-bond donors (Lipinski definition) is 1. The molecule has 0 aromatic heterocycles. The summed E-state index contributed by atoms with van der Waals surface area (Å²) in [6.07, 6.45) is 2.17. The average Bonchev–Trinajstić information content (AvgIpc) is 2.56. The van der Waals surface area contributed by atoms with E-state index in [4.69, 9.17) is 4.74 Å². The number of methoxy groups -OCH3 is 2. The van der Waals surface area contributed by atoms with Crippen molar-refractivity contribution >= 4 is 17.8 Å². The van der Waals surface area contributed by atoms with Crippen LogP contribution in [0, 0.1) is 0 Å². The van der Waals surface area contributed by atoms with Crippen molar-refractivity contribution < 1.29 is 23.9 Å². The molecule has 0 heterocycles. The molecule has 6 nitrogen and oxygen atoms in total. The first-order valence-corrected chi connectivity index (χ1v) is 7.09. The smallest absolute Gasteiger partial charge is 0.337 e. The second-order valence-corrected chi connectivity index (χ2v) is 5.14. The fraction of sp³-hybridized carbons (Fsp3) is 0.353. The van der Waals surface area contributed by atoms with Gasteiger partial charge in [0.15, 0.2) is 0 Å². The molecule has 1 N–H and O–H groups in total. The molecule has 0 spiro atoms. The normalized spacial score (nSPS) is 11.1. The van der Waals surface area contributed by atoms with Crippen molar-refractivity contribution in [1.29, 1.82) is 0 Å². The predicted molar refractivity (Wildman–Crippen MR) is 85.1 cm³/mol. The maximum Gasteiger partial charge on any atom is 0.337 e. The fourth-order valence-electron chi connectivity index (χ4n) is 1.86. The van der Waals surface area contributed by atoms with E-state index in [0.717, 1.165) is 5.57 Å². The van der Waals surface area contributed by atoms with E-state index in [-0.39, 0.29) is 11.1 Å². The maximum atomic E-state index is 12.3. The molecule has 6 heteroatoms. The summed E-state index contributed by atoms with van der Waals surface area (Å²) in [5, 5.41) is 2.61. The van der Waals surface area contributed by atoms with Crippen LogP contribution < -0.4 is 5.32 Å². The quantitative estimate of drug-likeness (QED) is 0.641. The van der Waals surface area contributed by atoms with Gasteiger partial charge in [0, 0.05) is 5.56 Å². The molecule has 0 aliphatic heterocycles. The van der Waals surface area contributed by atoms with Crippen molar-refractivity contribution in [2.45, 2.75) is 26.3 Å². The molecule has 0 bridgehead atoms. The van der Waals surface area contributed by atoms with Crippen LogP contribution in [0.5, 0.6) is 0 Å². The van der Waals surface area contributed by atoms with Gasteiger partial charge in [-0.15, -0.1) is 0 Å². The van der Waals surface area contributed by atoms with Crippen molar-refractivity contribution in [3.05, 3.63) is 47.0 Å². The highest BCUT2D eigenvalue weighted by Crippen LogP contribution is 2.08. The number of rotatable bonds is 6. The molecule has 0 aliphatic rings. The molecule has 0 unspecified atom stereocenters. The third kappa shape index (κ3) is 5.58. The van der Waals surface area contributed by atoms with Gasteiger partial charge in [0.2, 0.25) is 0 Å². The van der Waals surface area contributed by atoms with Crippen molar-refractivity contribution in [3.63, 3.8) is 0 Å². The summed E-state index contributed by atoms with van der Waals surface area (Å²) in [5.74, 6) is -1.53. The second-order valence-electron chi connectivity index (χ2n) is 5.14. The number of amides is 1. The van der Waals surface area contributed by atoms with E-state index in [1.807, 2.05) is 19.9 Å². The summed E-state index contributed by atoms with van der Waals surface area (Å²) < 4.78 is 9.32. The standard InChI is InChI=1S/C17H21NO5/c1-11(2)8-9-14(17(21)23-4)18-15(19)12-6-5-7-13(10-12)16(20)22-3/h5-8,10,14H,9H2,1-4H3,(H,18,19)/t14-/m1/s1. The lowest BCUT2D eigenvalue weighted by molar-refractivity contribution is -0.142. The van der Waals surface area contributed by atoms with Gasteiger partial charge in [0.25, 0.3) is 5.91 Å². The molecule has 23 heavy (non-hydrogen) atoms. The Kier molecular flexibility index (Phi) is 6.99. The minimum absolute atomic E-state index is 0.263. The van der Waals surface area contributed by atoms with Gasteiger partial charge in [0.1, 0.15) is 6.04 Å². The monoisotopic (exact) mass is 319 g/mol. The van der Waals surface area contributed by atoms with Gasteiger partial charge >= 0.3 is 11.9 Å². The SMILES string of the molecule is COC(=O)c1cccc(C(=O)N[C@H](CC=C(C)C)C(=O)OC)c1. The summed E-state index contributed by atoms with van der Waals surface area (Å²) in [4.78, 5) is 35.6. The number of ether oxygens (including phenoxy) is 2. The number of esters is 2. The van der Waals surface area contributed by atoms with Gasteiger partial charge in [-0.25, -0.2) is 9.59 Å². The third-order valence-electron chi connectivity index (χ3n) is 3.10. The first-order chi connectivity index (χ1) is 10.9. The Hall–Kier alpha value is -2.63. The molecule has 1 amide bonds. The van der Waals surface area contributed by atoms with Gasteiger partial charge < -0.3 is 14.8 Å². The van der Waals surface area contributed by atoms with Crippen molar-refractivity contribution in [1.82, 2.24) is 5.32 Å². The lowest BCUT2D eigenvalue weighted by atomic mass is 10.1. The molecule has 124 valence electrons. The third-order valence-corrected chi connectivity index (χ3v) is 3.10. The average molecular weight is 319 g/mol. The summed E-state index contributed by atoms with van der Waals surface area (Å²) in [7, 11) is 2.53. The van der Waals surface area contributed by atoms with Crippen molar-refractivity contribution in [2.75, 3.05) is 14.2 Å². The summed E-state index contributed by atoms with van der Waals surface area (Å²) >= 11 is 0. The topological polar surface area (TPSA) is 81.7 Å². The van der Waals surface area contributed by atoms with E-state index in [2.05, 4.69) is 10.1 Å². The molecular weight excluding hydrogens is 298 g/mol. The Morgan fingerprint density at radius 3 is 2.35 bits per heavy atom. The minimum Gasteiger partial charge on any atom is -0.467 e. The molecule has 1 aromatic carbocycles. The predicted octanol–water partition coefficient (Wildman–Crippen LogP) is 2.10. The molecule has 0 aliphatic carbocycles. The summed E-state index contributed by atoms with van der Waals surface area (Å²) in [6.45, 7) is 3.80. The first-order valence-electron chi connectivity index (χ1n) is 7.09. The maximum absolute atomic E-state index is 12.3. The molecule has 0 saturated carbocycles. The van der Waals surface area contributed by atoms with Crippen LogP contribution in [0.4, 0.5) is 0 Å². The van der Waals surface area contributed by atoms with Crippen LogP contribution in [-0.4, -0.2) is 38.1 Å². The summed E-state index contributed by atoms with van der Waals surface area (Å²) in [5.41, 5.74) is 1.55. The van der Waals surface area contributed by atoms with Crippen LogP contribution in [0.25, 0.3) is 0 Å². The Morgan fingerprint density at radius 1 is 1.13 bits per heavy atom. The highest BCUT2D eigenvalue weighted by Gasteiger charge is 2.21. The van der Waals surface area contributed by atoms with E-state index >= 15 is 0 Å². The number of benzene rings is 1. The Balaban J connectivity index is 2.92. The van der Waals surface area contributed by atoms with Crippen LogP contribution in [0.3, 0.4) is 0 Å². The van der Waals surface area contributed by atoms with Gasteiger partial charge in [0.05, 0.1) is 19.8 Å². The van der Waals surface area contributed by atoms with Crippen LogP contribution in [0.2, 0.25) is 0 Å². The van der Waals surface area contributed by atoms with Crippen LogP contribution in [-0.2, 0) is 14.3 Å². The summed E-state index contributed by atoms with van der Waals surface area (Å²) in [6, 6.07) is 5.30. The van der Waals surface area contributed by atoms with E-state index in [9.17, 15) is 14.4 Å². The molecule has 1 aromatic rings. The Bertz CT molecular complexity index is 617. The molecular formula is C17H21NO5. The molecule has 0 radical (unpaired) electrons. The van der Waals surface area contributed by atoms with Crippen LogP contribution in [0.1, 0.15) is 41.0 Å². The first kappa shape index (κ1) is 18.4. The van der Waals surface area contributed by atoms with Gasteiger partial charge in [-0.1, -0.05) is 17.7 Å². The van der Waals surface area contributed by atoms with Gasteiger partial charge in [-0.2, -0.15) is 0 Å². The number of carbonyl (C=O) groups excluding carboxylic acids is 3. The molecule has 0 fully saturated rings. The lowest BCUT2D eigenvalue weighted by Crippen LogP contribution is -2.41. The zero-order valence-electron chi connectivity index (χ0n) is 13.7. The van der Waals surface area contributed by atoms with E-state index < -0.39 is 23.9 Å². The molecule has 0 saturated heterocycles. The Morgan fingerprint density at radius 2 is 1.78 bits per heavy atom. The van der Waals surface area contributed by atoms with Crippen LogP contribution in [0.15, 0.2) is 35.9 Å². The molecule has 1 rings (SSSR count). The largest absolute Gasteiger partial charge is 0.467 e. The number of allylic oxidation sites excluding steroid dienone is 1. The van der Waals surface area contributed by atoms with E-state index in [0.29, 0.717) is 6.42 Å².